The molecule has 0 fully saturated rings. The number of benzene rings is 1. The summed E-state index contributed by atoms with van der Waals surface area (Å²) in [5.74, 6) is 1.05. The first-order valence-electron chi connectivity index (χ1n) is 6.47. The van der Waals surface area contributed by atoms with Crippen LogP contribution < -0.4 is 10.6 Å². The summed E-state index contributed by atoms with van der Waals surface area (Å²) in [7, 11) is 4.17. The smallest absolute Gasteiger partial charge is 0.106 e. The van der Waals surface area contributed by atoms with Crippen LogP contribution in [0.15, 0.2) is 18.2 Å². The van der Waals surface area contributed by atoms with Crippen LogP contribution in [0.5, 0.6) is 0 Å². The Bertz CT molecular complexity index is 530. The van der Waals surface area contributed by atoms with Gasteiger partial charge in [-0.05, 0) is 44.5 Å². The van der Waals surface area contributed by atoms with Gasteiger partial charge < -0.3 is 15.2 Å². The molecule has 0 spiro atoms. The Kier molecular flexibility index (Phi) is 3.87. The van der Waals surface area contributed by atoms with Gasteiger partial charge in [-0.15, -0.1) is 0 Å². The molecular formula is C14H22N4. The van der Waals surface area contributed by atoms with Crippen molar-refractivity contribution in [2.75, 3.05) is 25.0 Å². The lowest BCUT2D eigenvalue weighted by atomic mass is 10.2. The zero-order valence-corrected chi connectivity index (χ0v) is 11.5. The summed E-state index contributed by atoms with van der Waals surface area (Å²) >= 11 is 0. The van der Waals surface area contributed by atoms with Crippen LogP contribution in [0.2, 0.25) is 0 Å². The van der Waals surface area contributed by atoms with Gasteiger partial charge in [0, 0.05) is 26.3 Å². The van der Waals surface area contributed by atoms with Crippen molar-refractivity contribution in [1.82, 2.24) is 9.55 Å². The maximum Gasteiger partial charge on any atom is 0.106 e. The molecule has 0 aliphatic rings. The van der Waals surface area contributed by atoms with Crippen LogP contribution in [0.3, 0.4) is 0 Å². The highest BCUT2D eigenvalue weighted by Gasteiger charge is 2.07. The number of rotatable bonds is 5. The van der Waals surface area contributed by atoms with E-state index in [1.54, 1.807) is 0 Å². The number of nitrogens with zero attached hydrogens (tertiary/aromatic N) is 3. The molecule has 0 aliphatic carbocycles. The quantitative estimate of drug-likeness (QED) is 0.821. The first-order valence-corrected chi connectivity index (χ1v) is 6.47. The topological polar surface area (TPSA) is 47.1 Å². The molecule has 0 saturated heterocycles. The second kappa shape index (κ2) is 5.40. The SMILES string of the molecule is Cc1nc2cc(N(C)CCCCN)ccc2n1C. The average molecular weight is 246 g/mol. The van der Waals surface area contributed by atoms with Crippen LogP contribution in [-0.2, 0) is 7.05 Å². The number of aromatic nitrogens is 2. The highest BCUT2D eigenvalue weighted by atomic mass is 15.1. The Hall–Kier alpha value is -1.55. The fourth-order valence-electron chi connectivity index (χ4n) is 2.17. The molecule has 18 heavy (non-hydrogen) atoms. The number of anilines is 1. The van der Waals surface area contributed by atoms with Crippen LogP contribution in [0.1, 0.15) is 18.7 Å². The molecule has 2 rings (SSSR count). The van der Waals surface area contributed by atoms with Crippen LogP contribution in [0, 0.1) is 6.92 Å². The molecule has 0 saturated carbocycles. The maximum atomic E-state index is 5.52. The molecule has 4 nitrogen and oxygen atoms in total. The van der Waals surface area contributed by atoms with Crippen molar-refractivity contribution in [1.29, 1.82) is 0 Å². The second-order valence-corrected chi connectivity index (χ2v) is 4.81. The molecule has 4 heteroatoms. The molecule has 0 atom stereocenters. The third kappa shape index (κ3) is 2.48. The number of fused-ring (bicyclic) bond motifs is 1. The third-order valence-electron chi connectivity index (χ3n) is 3.48. The van der Waals surface area contributed by atoms with Gasteiger partial charge in [0.25, 0.3) is 0 Å². The van der Waals surface area contributed by atoms with Crippen molar-refractivity contribution in [2.24, 2.45) is 12.8 Å². The highest BCUT2D eigenvalue weighted by Crippen LogP contribution is 2.21. The van der Waals surface area contributed by atoms with Gasteiger partial charge in [0.15, 0.2) is 0 Å². The van der Waals surface area contributed by atoms with E-state index in [1.165, 1.54) is 11.2 Å². The Morgan fingerprint density at radius 1 is 1.33 bits per heavy atom. The van der Waals surface area contributed by atoms with Crippen molar-refractivity contribution in [3.8, 4) is 0 Å². The lowest BCUT2D eigenvalue weighted by molar-refractivity contribution is 0.728. The first kappa shape index (κ1) is 12.9. The van der Waals surface area contributed by atoms with Gasteiger partial charge in [-0.1, -0.05) is 0 Å². The number of hydrogen-bond donors (Lipinski definition) is 1. The molecule has 98 valence electrons. The Balaban J connectivity index is 2.19. The van der Waals surface area contributed by atoms with Gasteiger partial charge in [-0.3, -0.25) is 0 Å². The summed E-state index contributed by atoms with van der Waals surface area (Å²) in [5.41, 5.74) is 8.99. The van der Waals surface area contributed by atoms with E-state index in [4.69, 9.17) is 5.73 Å². The zero-order chi connectivity index (χ0) is 13.1. The monoisotopic (exact) mass is 246 g/mol. The minimum atomic E-state index is 0.770. The van der Waals surface area contributed by atoms with Crippen LogP contribution >= 0.6 is 0 Å². The molecule has 1 aromatic carbocycles. The molecule has 2 aromatic rings. The zero-order valence-electron chi connectivity index (χ0n) is 11.5. The predicted octanol–water partition coefficient (Wildman–Crippen LogP) is 2.06. The standard InChI is InChI=1S/C14H22N4/c1-11-16-13-10-12(6-7-14(13)18(11)3)17(2)9-5-4-8-15/h6-7,10H,4-5,8-9,15H2,1-3H3. The second-order valence-electron chi connectivity index (χ2n) is 4.81. The van der Waals surface area contributed by atoms with Crippen molar-refractivity contribution >= 4 is 16.7 Å². The number of hydrogen-bond acceptors (Lipinski definition) is 3. The number of imidazole rings is 1. The maximum absolute atomic E-state index is 5.52. The van der Waals surface area contributed by atoms with Gasteiger partial charge in [0.05, 0.1) is 11.0 Å². The lowest BCUT2D eigenvalue weighted by Crippen LogP contribution is -2.19. The summed E-state index contributed by atoms with van der Waals surface area (Å²) in [6.45, 7) is 3.84. The molecule has 0 aliphatic heterocycles. The summed E-state index contributed by atoms with van der Waals surface area (Å²) in [5, 5.41) is 0. The van der Waals surface area contributed by atoms with E-state index < -0.39 is 0 Å². The minimum absolute atomic E-state index is 0.770. The molecule has 0 bridgehead atoms. The van der Waals surface area contributed by atoms with Gasteiger partial charge in [-0.25, -0.2) is 4.98 Å². The van der Waals surface area contributed by atoms with Gasteiger partial charge in [0.1, 0.15) is 5.82 Å². The minimum Gasteiger partial charge on any atom is -0.375 e. The van der Waals surface area contributed by atoms with Crippen molar-refractivity contribution in [3.63, 3.8) is 0 Å². The first-order chi connectivity index (χ1) is 8.63. The van der Waals surface area contributed by atoms with E-state index in [0.29, 0.717) is 0 Å². The van der Waals surface area contributed by atoms with Crippen LogP contribution in [0.4, 0.5) is 5.69 Å². The largest absolute Gasteiger partial charge is 0.375 e. The van der Waals surface area contributed by atoms with E-state index in [-0.39, 0.29) is 0 Å². The predicted molar refractivity (Wildman–Crippen MR) is 77.0 cm³/mol. The van der Waals surface area contributed by atoms with Crippen molar-refractivity contribution in [3.05, 3.63) is 24.0 Å². The van der Waals surface area contributed by atoms with E-state index >= 15 is 0 Å². The summed E-state index contributed by atoms with van der Waals surface area (Å²) in [6, 6.07) is 6.46. The molecular weight excluding hydrogens is 224 g/mol. The molecule has 1 aromatic heterocycles. The van der Waals surface area contributed by atoms with Crippen LogP contribution in [-0.4, -0.2) is 29.7 Å². The lowest BCUT2D eigenvalue weighted by Gasteiger charge is -2.19. The van der Waals surface area contributed by atoms with E-state index in [0.717, 1.165) is 37.3 Å². The van der Waals surface area contributed by atoms with E-state index in [9.17, 15) is 0 Å². The molecule has 0 radical (unpaired) electrons. The van der Waals surface area contributed by atoms with Gasteiger partial charge >= 0.3 is 0 Å². The number of aryl methyl sites for hydroxylation is 2. The van der Waals surface area contributed by atoms with Gasteiger partial charge in [0.2, 0.25) is 0 Å². The fourth-order valence-corrected chi connectivity index (χ4v) is 2.17. The summed E-state index contributed by atoms with van der Waals surface area (Å²) in [6.07, 6.45) is 2.21. The van der Waals surface area contributed by atoms with E-state index in [2.05, 4.69) is 46.7 Å². The van der Waals surface area contributed by atoms with Crippen molar-refractivity contribution < 1.29 is 0 Å². The summed E-state index contributed by atoms with van der Waals surface area (Å²) in [4.78, 5) is 6.83. The molecule has 0 amide bonds. The summed E-state index contributed by atoms with van der Waals surface area (Å²) < 4.78 is 2.12. The Morgan fingerprint density at radius 3 is 2.83 bits per heavy atom. The van der Waals surface area contributed by atoms with Crippen LogP contribution in [0.25, 0.3) is 11.0 Å². The normalized spacial score (nSPS) is 11.1. The van der Waals surface area contributed by atoms with Gasteiger partial charge in [-0.2, -0.15) is 0 Å². The fraction of sp³-hybridized carbons (Fsp3) is 0.500. The number of unbranched alkanes of at least 4 members (excludes halogenated alkanes) is 1. The Morgan fingerprint density at radius 2 is 2.11 bits per heavy atom. The molecule has 1 heterocycles. The molecule has 0 unspecified atom stereocenters. The van der Waals surface area contributed by atoms with E-state index in [1.807, 2.05) is 6.92 Å². The average Bonchev–Trinajstić information content (AvgIpc) is 2.65. The third-order valence-corrected chi connectivity index (χ3v) is 3.48. The molecule has 2 N–H and O–H groups in total. The van der Waals surface area contributed by atoms with Crippen molar-refractivity contribution in [2.45, 2.75) is 19.8 Å². The highest BCUT2D eigenvalue weighted by molar-refractivity contribution is 5.80. The number of nitrogens with two attached hydrogens (primary N) is 1. The Labute approximate surface area is 108 Å².